The van der Waals surface area contributed by atoms with Gasteiger partial charge in [-0.15, -0.1) is 0 Å². The number of hydrogen-bond donors (Lipinski definition) is 5. The molecule has 3 amide bonds. The summed E-state index contributed by atoms with van der Waals surface area (Å²) in [6.45, 7) is 6.23. The molecule has 0 aliphatic carbocycles. The number of rotatable bonds is 10. The summed E-state index contributed by atoms with van der Waals surface area (Å²) in [5.41, 5.74) is 9.39. The monoisotopic (exact) mass is 412 g/mol. The number of carbonyl (C=O) groups excluding carboxylic acids is 2. The van der Waals surface area contributed by atoms with Crippen LogP contribution in [-0.4, -0.2) is 37.2 Å². The van der Waals surface area contributed by atoms with E-state index in [9.17, 15) is 9.59 Å². The van der Waals surface area contributed by atoms with Gasteiger partial charge in [-0.3, -0.25) is 9.69 Å². The smallest absolute Gasteiger partial charge is 0.327 e. The van der Waals surface area contributed by atoms with Crippen LogP contribution in [0.2, 0.25) is 0 Å². The first kappa shape index (κ1) is 21.9. The second kappa shape index (κ2) is 10.3. The lowest BCUT2D eigenvalue weighted by molar-refractivity contribution is -0.121. The van der Waals surface area contributed by atoms with E-state index in [2.05, 4.69) is 21.3 Å². The molecule has 1 aromatic rings. The number of amides is 3. The Kier molecular flexibility index (Phi) is 7.48. The van der Waals surface area contributed by atoms with Crippen molar-refractivity contribution in [2.75, 3.05) is 18.0 Å². The van der Waals surface area contributed by atoms with Gasteiger partial charge in [0.25, 0.3) is 0 Å². The molecule has 0 fully saturated rings. The number of hydrogen-bond acceptors (Lipinski definition) is 5. The Morgan fingerprint density at radius 1 is 1.23 bits per heavy atom. The van der Waals surface area contributed by atoms with Crippen molar-refractivity contribution in [1.29, 1.82) is 0 Å². The molecular weight excluding hydrogens is 380 g/mol. The molecule has 162 valence electrons. The predicted molar refractivity (Wildman–Crippen MR) is 118 cm³/mol. The van der Waals surface area contributed by atoms with Crippen LogP contribution in [0.3, 0.4) is 0 Å². The molecule has 1 unspecified atom stereocenters. The maximum atomic E-state index is 12.6. The van der Waals surface area contributed by atoms with Crippen molar-refractivity contribution in [2.24, 2.45) is 5.73 Å². The van der Waals surface area contributed by atoms with E-state index in [1.165, 1.54) is 0 Å². The lowest BCUT2D eigenvalue weighted by Gasteiger charge is -2.29. The van der Waals surface area contributed by atoms with Crippen LogP contribution < -0.4 is 31.9 Å². The van der Waals surface area contributed by atoms with Crippen LogP contribution in [-0.2, 0) is 11.3 Å². The Morgan fingerprint density at radius 3 is 2.70 bits per heavy atom. The number of anilines is 1. The molecule has 6 N–H and O–H groups in total. The maximum Gasteiger partial charge on any atom is 0.327 e. The van der Waals surface area contributed by atoms with Gasteiger partial charge in [0.1, 0.15) is 6.17 Å². The fourth-order valence-electron chi connectivity index (χ4n) is 3.44. The van der Waals surface area contributed by atoms with Crippen molar-refractivity contribution in [3.05, 3.63) is 53.4 Å². The zero-order valence-electron chi connectivity index (χ0n) is 17.7. The third-order valence-electron chi connectivity index (χ3n) is 4.94. The summed E-state index contributed by atoms with van der Waals surface area (Å²) in [6.07, 6.45) is 5.58. The number of nitrogens with one attached hydrogen (secondary N) is 4. The van der Waals surface area contributed by atoms with E-state index < -0.39 is 0 Å². The molecule has 2 aliphatic rings. The number of urea groups is 1. The van der Waals surface area contributed by atoms with Crippen LogP contribution in [0.1, 0.15) is 38.7 Å². The number of allylic oxidation sites excluding steroid dienone is 1. The SMILES string of the molecule is CC(C)NC(=O)CCC1=CC2=CN(c3ccc(CNCCCN)cc3)C(=O)NC2N1. The molecule has 3 rings (SSSR count). The fourth-order valence-corrected chi connectivity index (χ4v) is 3.44. The molecule has 8 nitrogen and oxygen atoms in total. The van der Waals surface area contributed by atoms with Crippen LogP contribution in [0.15, 0.2) is 47.8 Å². The summed E-state index contributed by atoms with van der Waals surface area (Å²) < 4.78 is 0. The van der Waals surface area contributed by atoms with E-state index >= 15 is 0 Å². The van der Waals surface area contributed by atoms with Crippen LogP contribution in [0.25, 0.3) is 0 Å². The van der Waals surface area contributed by atoms with E-state index in [0.717, 1.165) is 42.0 Å². The largest absolute Gasteiger partial charge is 0.365 e. The second-order valence-electron chi connectivity index (χ2n) is 7.90. The van der Waals surface area contributed by atoms with Crippen molar-refractivity contribution < 1.29 is 9.59 Å². The van der Waals surface area contributed by atoms with Gasteiger partial charge in [0, 0.05) is 36.5 Å². The van der Waals surface area contributed by atoms with Crippen LogP contribution >= 0.6 is 0 Å². The molecular formula is C22H32N6O2. The Morgan fingerprint density at radius 2 is 2.00 bits per heavy atom. The highest BCUT2D eigenvalue weighted by molar-refractivity contribution is 5.96. The van der Waals surface area contributed by atoms with E-state index in [0.29, 0.717) is 19.4 Å². The molecule has 8 heteroatoms. The topological polar surface area (TPSA) is 112 Å². The number of fused-ring (bicyclic) bond motifs is 1. The van der Waals surface area contributed by atoms with E-state index in [4.69, 9.17) is 5.73 Å². The van der Waals surface area contributed by atoms with Gasteiger partial charge in [-0.1, -0.05) is 12.1 Å². The second-order valence-corrected chi connectivity index (χ2v) is 7.90. The summed E-state index contributed by atoms with van der Waals surface area (Å²) >= 11 is 0. The van der Waals surface area contributed by atoms with Gasteiger partial charge in [0.15, 0.2) is 0 Å². The maximum absolute atomic E-state index is 12.6. The Hall–Kier alpha value is -2.84. The number of nitrogens with zero attached hydrogens (tertiary/aromatic N) is 1. The lowest BCUT2D eigenvalue weighted by Crippen LogP contribution is -2.51. The molecule has 2 aliphatic heterocycles. The molecule has 0 aromatic heterocycles. The van der Waals surface area contributed by atoms with Gasteiger partial charge in [0.05, 0.1) is 5.69 Å². The molecule has 0 saturated carbocycles. The fraction of sp³-hybridized carbons (Fsp3) is 0.455. The van der Waals surface area contributed by atoms with E-state index in [1.54, 1.807) is 4.90 Å². The number of carbonyl (C=O) groups is 2. The van der Waals surface area contributed by atoms with Crippen LogP contribution in [0, 0.1) is 0 Å². The quantitative estimate of drug-likeness (QED) is 0.375. The minimum Gasteiger partial charge on any atom is -0.365 e. The first-order valence-electron chi connectivity index (χ1n) is 10.5. The molecule has 0 bridgehead atoms. The number of benzene rings is 1. The standard InChI is InChI=1S/C22H32N6O2/c1-15(2)25-20(29)9-6-18-12-17-14-28(22(30)27-21(17)26-18)19-7-4-16(5-8-19)13-24-11-3-10-23/h4-5,7-8,12,14-15,21,24,26H,3,6,9-11,13,23H2,1-2H3,(H,25,29)(H,27,30). The van der Waals surface area contributed by atoms with Crippen LogP contribution in [0.5, 0.6) is 0 Å². The van der Waals surface area contributed by atoms with Crippen molar-refractivity contribution in [2.45, 2.75) is 51.9 Å². The highest BCUT2D eigenvalue weighted by Crippen LogP contribution is 2.25. The summed E-state index contributed by atoms with van der Waals surface area (Å²) in [5.74, 6) is 0.0276. The summed E-state index contributed by atoms with van der Waals surface area (Å²) in [7, 11) is 0. The highest BCUT2D eigenvalue weighted by Gasteiger charge is 2.30. The Balaban J connectivity index is 1.60. The minimum absolute atomic E-state index is 0.0276. The van der Waals surface area contributed by atoms with Gasteiger partial charge < -0.3 is 27.0 Å². The van der Waals surface area contributed by atoms with Gasteiger partial charge >= 0.3 is 6.03 Å². The molecule has 30 heavy (non-hydrogen) atoms. The normalized spacial score (nSPS) is 17.8. The van der Waals surface area contributed by atoms with Gasteiger partial charge in [-0.05, 0) is 63.6 Å². The average molecular weight is 413 g/mol. The van der Waals surface area contributed by atoms with Gasteiger partial charge in [0.2, 0.25) is 5.91 Å². The van der Waals surface area contributed by atoms with Gasteiger partial charge in [-0.2, -0.15) is 0 Å². The highest BCUT2D eigenvalue weighted by atomic mass is 16.2. The zero-order valence-corrected chi connectivity index (χ0v) is 17.7. The first-order valence-corrected chi connectivity index (χ1v) is 10.5. The molecule has 1 aromatic carbocycles. The molecule has 1 atom stereocenters. The molecule has 0 radical (unpaired) electrons. The summed E-state index contributed by atoms with van der Waals surface area (Å²) in [4.78, 5) is 26.1. The van der Waals surface area contributed by atoms with E-state index in [-0.39, 0.29) is 24.1 Å². The summed E-state index contributed by atoms with van der Waals surface area (Å²) in [5, 5.41) is 12.5. The minimum atomic E-state index is -0.247. The molecule has 0 spiro atoms. The van der Waals surface area contributed by atoms with Crippen molar-refractivity contribution in [3.63, 3.8) is 0 Å². The average Bonchev–Trinajstić information content (AvgIpc) is 3.11. The predicted octanol–water partition coefficient (Wildman–Crippen LogP) is 1.66. The third-order valence-corrected chi connectivity index (χ3v) is 4.94. The molecule has 2 heterocycles. The zero-order chi connectivity index (χ0) is 21.5. The van der Waals surface area contributed by atoms with Crippen molar-refractivity contribution >= 4 is 17.6 Å². The first-order chi connectivity index (χ1) is 14.5. The number of nitrogens with two attached hydrogens (primary N) is 1. The lowest BCUT2D eigenvalue weighted by atomic mass is 10.1. The molecule has 0 saturated heterocycles. The van der Waals surface area contributed by atoms with Crippen LogP contribution in [0.4, 0.5) is 10.5 Å². The van der Waals surface area contributed by atoms with E-state index in [1.807, 2.05) is 50.4 Å². The van der Waals surface area contributed by atoms with Crippen molar-refractivity contribution in [1.82, 2.24) is 21.3 Å². The van der Waals surface area contributed by atoms with Crippen molar-refractivity contribution in [3.8, 4) is 0 Å². The van der Waals surface area contributed by atoms with Gasteiger partial charge in [-0.25, -0.2) is 4.79 Å². The third kappa shape index (κ3) is 5.84. The Labute approximate surface area is 178 Å². The Bertz CT molecular complexity index is 815. The summed E-state index contributed by atoms with van der Waals surface area (Å²) in [6, 6.07) is 7.88.